The zero-order valence-electron chi connectivity index (χ0n) is 11.5. The fourth-order valence-electron chi connectivity index (χ4n) is 3.08. The van der Waals surface area contributed by atoms with Crippen LogP contribution in [0.5, 0.6) is 0 Å². The van der Waals surface area contributed by atoms with E-state index in [0.717, 1.165) is 44.8 Å². The first kappa shape index (κ1) is 13.6. The molecule has 1 spiro atoms. The monoisotopic (exact) mass is 295 g/mol. The quantitative estimate of drug-likeness (QED) is 0.819. The summed E-state index contributed by atoms with van der Waals surface area (Å²) in [7, 11) is 2.04. The van der Waals surface area contributed by atoms with Crippen molar-refractivity contribution in [3.8, 4) is 0 Å². The molecule has 7 heteroatoms. The first-order chi connectivity index (χ1) is 9.62. The van der Waals surface area contributed by atoms with Crippen LogP contribution in [0.4, 0.5) is 5.82 Å². The van der Waals surface area contributed by atoms with E-state index in [0.29, 0.717) is 5.15 Å². The van der Waals surface area contributed by atoms with Gasteiger partial charge in [0.05, 0.1) is 0 Å². The zero-order chi connectivity index (χ0) is 14.2. The van der Waals surface area contributed by atoms with Crippen LogP contribution in [0.3, 0.4) is 0 Å². The molecule has 0 atom stereocenters. The van der Waals surface area contributed by atoms with Crippen LogP contribution in [0.15, 0.2) is 12.1 Å². The maximum atomic E-state index is 12.3. The number of hydrogen-bond acceptors (Lipinski definition) is 5. The van der Waals surface area contributed by atoms with Crippen LogP contribution < -0.4 is 10.2 Å². The second-order valence-electron chi connectivity index (χ2n) is 5.41. The lowest BCUT2D eigenvalue weighted by molar-refractivity contribution is -0.137. The van der Waals surface area contributed by atoms with Gasteiger partial charge in [-0.25, -0.2) is 0 Å². The number of rotatable bonds is 1. The number of amides is 1. The lowest BCUT2D eigenvalue weighted by Gasteiger charge is -2.48. The van der Waals surface area contributed by atoms with E-state index in [1.807, 2.05) is 13.1 Å². The predicted molar refractivity (Wildman–Crippen MR) is 76.9 cm³/mol. The Balaban J connectivity index is 1.72. The van der Waals surface area contributed by atoms with E-state index in [9.17, 15) is 4.79 Å². The normalized spacial score (nSPS) is 22.9. The Kier molecular flexibility index (Phi) is 3.52. The summed E-state index contributed by atoms with van der Waals surface area (Å²) in [6.45, 7) is 3.25. The molecular weight excluding hydrogens is 278 g/mol. The summed E-state index contributed by atoms with van der Waals surface area (Å²) in [4.78, 5) is 16.6. The minimum absolute atomic E-state index is 0.160. The van der Waals surface area contributed by atoms with E-state index >= 15 is 0 Å². The van der Waals surface area contributed by atoms with Gasteiger partial charge in [-0.3, -0.25) is 9.69 Å². The van der Waals surface area contributed by atoms with Crippen molar-refractivity contribution >= 4 is 23.3 Å². The van der Waals surface area contributed by atoms with Gasteiger partial charge in [0, 0.05) is 26.2 Å². The van der Waals surface area contributed by atoms with Crippen molar-refractivity contribution in [3.05, 3.63) is 17.3 Å². The lowest BCUT2D eigenvalue weighted by atomic mass is 9.83. The summed E-state index contributed by atoms with van der Waals surface area (Å²) >= 11 is 5.75. The molecule has 0 aromatic carbocycles. The number of piperidine rings is 1. The van der Waals surface area contributed by atoms with Crippen LogP contribution in [0.1, 0.15) is 12.8 Å². The van der Waals surface area contributed by atoms with Gasteiger partial charge in [0.2, 0.25) is 5.91 Å². The number of aromatic nitrogens is 2. The third-order valence-electron chi connectivity index (χ3n) is 4.42. The van der Waals surface area contributed by atoms with E-state index in [-0.39, 0.29) is 11.4 Å². The molecule has 20 heavy (non-hydrogen) atoms. The van der Waals surface area contributed by atoms with Crippen LogP contribution in [-0.2, 0) is 4.79 Å². The van der Waals surface area contributed by atoms with Gasteiger partial charge in [0.1, 0.15) is 5.54 Å². The number of piperazine rings is 1. The van der Waals surface area contributed by atoms with Gasteiger partial charge in [-0.15, -0.1) is 10.2 Å². The highest BCUT2D eigenvalue weighted by Crippen LogP contribution is 2.31. The molecule has 1 aromatic heterocycles. The van der Waals surface area contributed by atoms with Crippen molar-refractivity contribution in [1.82, 2.24) is 20.4 Å². The maximum absolute atomic E-state index is 12.3. The molecule has 1 N–H and O–H groups in total. The number of carbonyl (C=O) groups excluding carboxylic acids is 1. The third kappa shape index (κ3) is 2.23. The van der Waals surface area contributed by atoms with E-state index in [1.54, 1.807) is 6.07 Å². The van der Waals surface area contributed by atoms with Gasteiger partial charge in [-0.1, -0.05) is 11.6 Å². The fraction of sp³-hybridized carbons (Fsp3) is 0.615. The number of anilines is 1. The Hall–Kier alpha value is -1.40. The van der Waals surface area contributed by atoms with Crippen LogP contribution in [0, 0.1) is 0 Å². The third-order valence-corrected chi connectivity index (χ3v) is 4.62. The SMILES string of the molecule is CN1CCNC(=O)C12CCN(c1ccc(Cl)nn1)CC2. The van der Waals surface area contributed by atoms with E-state index < -0.39 is 0 Å². The predicted octanol–water partition coefficient (Wildman–Crippen LogP) is 0.531. The Morgan fingerprint density at radius 1 is 1.25 bits per heavy atom. The molecule has 1 amide bonds. The molecule has 2 fully saturated rings. The van der Waals surface area contributed by atoms with Gasteiger partial charge in [-0.2, -0.15) is 0 Å². The Labute approximate surface area is 123 Å². The highest BCUT2D eigenvalue weighted by molar-refractivity contribution is 6.29. The van der Waals surface area contributed by atoms with Gasteiger partial charge < -0.3 is 10.2 Å². The number of hydrogen-bond donors (Lipinski definition) is 1. The van der Waals surface area contributed by atoms with E-state index in [1.165, 1.54) is 0 Å². The molecule has 6 nitrogen and oxygen atoms in total. The van der Waals surface area contributed by atoms with Crippen LogP contribution in [0.2, 0.25) is 5.15 Å². The number of nitrogens with one attached hydrogen (secondary N) is 1. The van der Waals surface area contributed by atoms with Crippen LogP contribution in [0.25, 0.3) is 0 Å². The Morgan fingerprint density at radius 2 is 2.00 bits per heavy atom. The van der Waals surface area contributed by atoms with E-state index in [2.05, 4.69) is 25.3 Å². The fourth-order valence-corrected chi connectivity index (χ4v) is 3.18. The van der Waals surface area contributed by atoms with Crippen molar-refractivity contribution in [1.29, 1.82) is 0 Å². The molecule has 0 saturated carbocycles. The molecule has 0 bridgehead atoms. The number of nitrogens with zero attached hydrogens (tertiary/aromatic N) is 4. The zero-order valence-corrected chi connectivity index (χ0v) is 12.2. The smallest absolute Gasteiger partial charge is 0.240 e. The second kappa shape index (κ2) is 5.18. The van der Waals surface area contributed by atoms with Crippen LogP contribution >= 0.6 is 11.6 Å². The average molecular weight is 296 g/mol. The van der Waals surface area contributed by atoms with Crippen molar-refractivity contribution < 1.29 is 4.79 Å². The standard InChI is InChI=1S/C13H18ClN5O/c1-18-9-6-15-12(20)13(18)4-7-19(8-5-13)11-3-2-10(14)16-17-11/h2-3H,4-9H2,1H3,(H,15,20). The molecule has 0 unspecified atom stereocenters. The lowest BCUT2D eigenvalue weighted by Crippen LogP contribution is -2.66. The van der Waals surface area contributed by atoms with Gasteiger partial charge in [0.15, 0.2) is 11.0 Å². The molecule has 1 aromatic rings. The van der Waals surface area contributed by atoms with Gasteiger partial charge in [0.25, 0.3) is 0 Å². The Bertz CT molecular complexity index is 498. The first-order valence-electron chi connectivity index (χ1n) is 6.85. The summed E-state index contributed by atoms with van der Waals surface area (Å²) in [6, 6.07) is 3.62. The summed E-state index contributed by atoms with van der Waals surface area (Å²) in [5, 5.41) is 11.4. The molecule has 0 aliphatic carbocycles. The van der Waals surface area contributed by atoms with Crippen molar-refractivity contribution in [2.24, 2.45) is 0 Å². The number of carbonyl (C=O) groups is 1. The molecule has 2 saturated heterocycles. The highest BCUT2D eigenvalue weighted by atomic mass is 35.5. The van der Waals surface area contributed by atoms with Crippen LogP contribution in [-0.4, -0.2) is 59.8 Å². The molecule has 3 heterocycles. The van der Waals surface area contributed by atoms with Crippen molar-refractivity contribution in [3.63, 3.8) is 0 Å². The molecule has 2 aliphatic heterocycles. The second-order valence-corrected chi connectivity index (χ2v) is 5.80. The number of likely N-dealkylation sites (N-methyl/N-ethyl adjacent to an activating group) is 1. The maximum Gasteiger partial charge on any atom is 0.240 e. The largest absolute Gasteiger partial charge is 0.355 e. The minimum atomic E-state index is -0.353. The summed E-state index contributed by atoms with van der Waals surface area (Å²) < 4.78 is 0. The van der Waals surface area contributed by atoms with E-state index in [4.69, 9.17) is 11.6 Å². The summed E-state index contributed by atoms with van der Waals surface area (Å²) in [5.74, 6) is 0.983. The molecule has 108 valence electrons. The molecule has 0 radical (unpaired) electrons. The number of halogens is 1. The Morgan fingerprint density at radius 3 is 2.60 bits per heavy atom. The highest BCUT2D eigenvalue weighted by Gasteiger charge is 2.46. The topological polar surface area (TPSA) is 61.4 Å². The van der Waals surface area contributed by atoms with Crippen molar-refractivity contribution in [2.75, 3.05) is 38.1 Å². The average Bonchev–Trinajstić information content (AvgIpc) is 2.47. The molecule has 3 rings (SSSR count). The van der Waals surface area contributed by atoms with Gasteiger partial charge in [-0.05, 0) is 32.0 Å². The summed E-state index contributed by atoms with van der Waals surface area (Å²) in [5.41, 5.74) is -0.353. The minimum Gasteiger partial charge on any atom is -0.355 e. The first-order valence-corrected chi connectivity index (χ1v) is 7.23. The summed E-state index contributed by atoms with van der Waals surface area (Å²) in [6.07, 6.45) is 1.61. The van der Waals surface area contributed by atoms with Gasteiger partial charge >= 0.3 is 0 Å². The molecular formula is C13H18ClN5O. The molecule has 2 aliphatic rings. The van der Waals surface area contributed by atoms with Crippen molar-refractivity contribution in [2.45, 2.75) is 18.4 Å².